The molecule has 0 aliphatic carbocycles. The molecule has 0 saturated carbocycles. The highest BCUT2D eigenvalue weighted by atomic mass is 19.1. The molecule has 0 spiro atoms. The van der Waals surface area contributed by atoms with Crippen LogP contribution < -0.4 is 11.1 Å². The molecule has 0 heterocycles. The molecule has 0 aliphatic rings. The zero-order chi connectivity index (χ0) is 15.8. The second-order valence-corrected chi connectivity index (χ2v) is 4.91. The minimum absolute atomic E-state index is 0.102. The first-order valence-electron chi connectivity index (χ1n) is 7.11. The van der Waals surface area contributed by atoms with E-state index < -0.39 is 5.82 Å². The molecule has 1 rings (SSSR count). The highest BCUT2D eigenvalue weighted by molar-refractivity contribution is 6.05. The van der Waals surface area contributed by atoms with Crippen molar-refractivity contribution in [1.82, 2.24) is 0 Å². The van der Waals surface area contributed by atoms with Gasteiger partial charge in [0.15, 0.2) is 5.84 Å². The van der Waals surface area contributed by atoms with Crippen LogP contribution in [0.5, 0.6) is 0 Å². The van der Waals surface area contributed by atoms with E-state index in [0.29, 0.717) is 5.69 Å². The molecule has 116 valence electrons. The topological polar surface area (TPSA) is 87.7 Å². The van der Waals surface area contributed by atoms with Crippen LogP contribution in [0, 0.1) is 11.7 Å². The van der Waals surface area contributed by atoms with Crippen LogP contribution in [0.15, 0.2) is 23.4 Å². The largest absolute Gasteiger partial charge is 0.409 e. The summed E-state index contributed by atoms with van der Waals surface area (Å²) in [6.07, 6.45) is 3.53. The van der Waals surface area contributed by atoms with Crippen molar-refractivity contribution in [3.63, 3.8) is 0 Å². The molecule has 1 atom stereocenters. The van der Waals surface area contributed by atoms with E-state index in [1.807, 2.05) is 6.92 Å². The first-order valence-corrected chi connectivity index (χ1v) is 7.11. The molecular formula is C15H22FN3O2. The van der Waals surface area contributed by atoms with Crippen molar-refractivity contribution in [1.29, 1.82) is 0 Å². The van der Waals surface area contributed by atoms with Gasteiger partial charge in [-0.25, -0.2) is 4.39 Å². The van der Waals surface area contributed by atoms with Gasteiger partial charge in [0.25, 0.3) is 0 Å². The molecule has 1 unspecified atom stereocenters. The van der Waals surface area contributed by atoms with Crippen molar-refractivity contribution in [2.45, 2.75) is 39.5 Å². The number of amidine groups is 1. The average Bonchev–Trinajstić information content (AvgIpc) is 2.49. The van der Waals surface area contributed by atoms with E-state index in [4.69, 9.17) is 10.9 Å². The SMILES string of the molecule is CCCCC(CC)C(=O)Nc1ccc(F)cc1/C(N)=N/O. The first kappa shape index (κ1) is 16.9. The summed E-state index contributed by atoms with van der Waals surface area (Å²) in [4.78, 5) is 12.2. The Morgan fingerprint density at radius 2 is 2.19 bits per heavy atom. The zero-order valence-corrected chi connectivity index (χ0v) is 12.4. The standard InChI is InChI=1S/C15H22FN3O2/c1-3-5-6-10(4-2)15(20)18-13-8-7-11(16)9-12(13)14(17)19-21/h7-10,21H,3-6H2,1-2H3,(H2,17,19)(H,18,20). The van der Waals surface area contributed by atoms with E-state index in [-0.39, 0.29) is 23.2 Å². The predicted molar refractivity (Wildman–Crippen MR) is 80.8 cm³/mol. The Balaban J connectivity index is 2.93. The number of rotatable bonds is 7. The monoisotopic (exact) mass is 295 g/mol. The Bertz CT molecular complexity index is 518. The van der Waals surface area contributed by atoms with Crippen molar-refractivity contribution in [3.8, 4) is 0 Å². The predicted octanol–water partition coefficient (Wildman–Crippen LogP) is 3.08. The molecular weight excluding hydrogens is 273 g/mol. The number of carbonyl (C=O) groups is 1. The molecule has 0 bridgehead atoms. The van der Waals surface area contributed by atoms with E-state index in [0.717, 1.165) is 31.7 Å². The van der Waals surface area contributed by atoms with Crippen molar-refractivity contribution in [2.75, 3.05) is 5.32 Å². The van der Waals surface area contributed by atoms with E-state index in [2.05, 4.69) is 17.4 Å². The van der Waals surface area contributed by atoms with Crippen molar-refractivity contribution in [3.05, 3.63) is 29.6 Å². The van der Waals surface area contributed by atoms with Gasteiger partial charge in [-0.15, -0.1) is 0 Å². The van der Waals surface area contributed by atoms with Gasteiger partial charge in [-0.2, -0.15) is 0 Å². The fourth-order valence-corrected chi connectivity index (χ4v) is 2.10. The number of hydrogen-bond donors (Lipinski definition) is 3. The third-order valence-electron chi connectivity index (χ3n) is 3.39. The number of carbonyl (C=O) groups excluding carboxylic acids is 1. The van der Waals surface area contributed by atoms with E-state index in [1.54, 1.807) is 0 Å². The van der Waals surface area contributed by atoms with Gasteiger partial charge in [0.05, 0.1) is 5.69 Å². The summed E-state index contributed by atoms with van der Waals surface area (Å²) in [5.41, 5.74) is 6.01. The third kappa shape index (κ3) is 4.73. The highest BCUT2D eigenvalue weighted by Gasteiger charge is 2.18. The molecule has 4 N–H and O–H groups in total. The molecule has 5 nitrogen and oxygen atoms in total. The highest BCUT2D eigenvalue weighted by Crippen LogP contribution is 2.20. The number of anilines is 1. The summed E-state index contributed by atoms with van der Waals surface area (Å²) in [5.74, 6) is -1.00. The number of nitrogens with one attached hydrogen (secondary N) is 1. The van der Waals surface area contributed by atoms with Crippen LogP contribution in [0.2, 0.25) is 0 Å². The summed E-state index contributed by atoms with van der Waals surface area (Å²) in [6, 6.07) is 3.75. The second-order valence-electron chi connectivity index (χ2n) is 4.91. The number of amides is 1. The van der Waals surface area contributed by atoms with Crippen molar-refractivity contribution >= 4 is 17.4 Å². The molecule has 0 aromatic heterocycles. The Morgan fingerprint density at radius 3 is 2.76 bits per heavy atom. The summed E-state index contributed by atoms with van der Waals surface area (Å²) in [7, 11) is 0. The fourth-order valence-electron chi connectivity index (χ4n) is 2.10. The first-order chi connectivity index (χ1) is 10.0. The second kappa shape index (κ2) is 8.24. The maximum absolute atomic E-state index is 13.3. The normalized spacial score (nSPS) is 13.0. The van der Waals surface area contributed by atoms with Crippen molar-refractivity contribution < 1.29 is 14.4 Å². The summed E-state index contributed by atoms with van der Waals surface area (Å²) in [6.45, 7) is 4.02. The molecule has 0 saturated heterocycles. The Hall–Kier alpha value is -2.11. The molecule has 6 heteroatoms. The van der Waals surface area contributed by atoms with E-state index >= 15 is 0 Å². The van der Waals surface area contributed by atoms with Crippen LogP contribution in [0.25, 0.3) is 0 Å². The lowest BCUT2D eigenvalue weighted by molar-refractivity contribution is -0.120. The van der Waals surface area contributed by atoms with Crippen LogP contribution in [-0.2, 0) is 4.79 Å². The maximum atomic E-state index is 13.3. The Labute approximate surface area is 124 Å². The molecule has 21 heavy (non-hydrogen) atoms. The van der Waals surface area contributed by atoms with Crippen LogP contribution in [-0.4, -0.2) is 17.0 Å². The minimum Gasteiger partial charge on any atom is -0.409 e. The lowest BCUT2D eigenvalue weighted by Crippen LogP contribution is -2.25. The summed E-state index contributed by atoms with van der Waals surface area (Å²) < 4.78 is 13.3. The number of hydrogen-bond acceptors (Lipinski definition) is 3. The van der Waals surface area contributed by atoms with Gasteiger partial charge in [-0.05, 0) is 31.0 Å². The zero-order valence-electron chi connectivity index (χ0n) is 12.4. The minimum atomic E-state index is -0.521. The average molecular weight is 295 g/mol. The van der Waals surface area contributed by atoms with E-state index in [1.165, 1.54) is 12.1 Å². The summed E-state index contributed by atoms with van der Waals surface area (Å²) in [5, 5.41) is 14.3. The maximum Gasteiger partial charge on any atom is 0.227 e. The number of unbranched alkanes of at least 4 members (excludes halogenated alkanes) is 1. The lowest BCUT2D eigenvalue weighted by Gasteiger charge is -2.16. The van der Waals surface area contributed by atoms with Gasteiger partial charge >= 0.3 is 0 Å². The molecule has 1 aromatic carbocycles. The molecule has 0 fully saturated rings. The number of oxime groups is 1. The van der Waals surface area contributed by atoms with Gasteiger partial charge in [0.1, 0.15) is 5.82 Å². The van der Waals surface area contributed by atoms with E-state index in [9.17, 15) is 9.18 Å². The number of nitrogens with zero attached hydrogens (tertiary/aromatic N) is 1. The van der Waals surface area contributed by atoms with Crippen LogP contribution in [0.1, 0.15) is 45.1 Å². The van der Waals surface area contributed by atoms with Crippen LogP contribution in [0.4, 0.5) is 10.1 Å². The van der Waals surface area contributed by atoms with Gasteiger partial charge in [-0.3, -0.25) is 4.79 Å². The Morgan fingerprint density at radius 1 is 1.48 bits per heavy atom. The smallest absolute Gasteiger partial charge is 0.227 e. The van der Waals surface area contributed by atoms with Gasteiger partial charge < -0.3 is 16.3 Å². The van der Waals surface area contributed by atoms with Crippen molar-refractivity contribution in [2.24, 2.45) is 16.8 Å². The van der Waals surface area contributed by atoms with Crippen LogP contribution in [0.3, 0.4) is 0 Å². The number of halogens is 1. The van der Waals surface area contributed by atoms with Crippen LogP contribution >= 0.6 is 0 Å². The number of benzene rings is 1. The van der Waals surface area contributed by atoms with Gasteiger partial charge in [-0.1, -0.05) is 31.8 Å². The fraction of sp³-hybridized carbons (Fsp3) is 0.467. The molecule has 1 amide bonds. The lowest BCUT2D eigenvalue weighted by atomic mass is 9.98. The van der Waals surface area contributed by atoms with Gasteiger partial charge in [0, 0.05) is 11.5 Å². The molecule has 0 radical (unpaired) electrons. The molecule has 0 aliphatic heterocycles. The Kier molecular flexibility index (Phi) is 6.65. The quantitative estimate of drug-likeness (QED) is 0.312. The molecule has 1 aromatic rings. The number of nitrogens with two attached hydrogens (primary N) is 1. The van der Waals surface area contributed by atoms with Gasteiger partial charge in [0.2, 0.25) is 5.91 Å². The third-order valence-corrected chi connectivity index (χ3v) is 3.39. The summed E-state index contributed by atoms with van der Waals surface area (Å²) >= 11 is 0.